The van der Waals surface area contributed by atoms with Crippen molar-refractivity contribution in [2.24, 2.45) is 11.7 Å². The molecule has 1 aliphatic rings. The molecule has 3 nitrogen and oxygen atoms in total. The molecule has 0 saturated heterocycles. The molecular formula is C18H28N2O. The van der Waals surface area contributed by atoms with E-state index in [0.717, 1.165) is 5.56 Å². The summed E-state index contributed by atoms with van der Waals surface area (Å²) < 4.78 is 0. The fourth-order valence-electron chi connectivity index (χ4n) is 3.22. The molecule has 1 aliphatic carbocycles. The Kier molecular flexibility index (Phi) is 6.24. The number of rotatable bonds is 5. The van der Waals surface area contributed by atoms with Gasteiger partial charge >= 0.3 is 0 Å². The van der Waals surface area contributed by atoms with Crippen LogP contribution in [0, 0.1) is 5.92 Å². The van der Waals surface area contributed by atoms with E-state index in [1.165, 1.54) is 38.5 Å². The minimum absolute atomic E-state index is 0.0180. The first-order valence-corrected chi connectivity index (χ1v) is 8.26. The zero-order valence-electron chi connectivity index (χ0n) is 13.1. The van der Waals surface area contributed by atoms with Crippen molar-refractivity contribution in [2.45, 2.75) is 64.0 Å². The molecule has 3 heteroatoms. The molecule has 1 amide bonds. The van der Waals surface area contributed by atoms with Crippen LogP contribution in [0.5, 0.6) is 0 Å². The van der Waals surface area contributed by atoms with Crippen molar-refractivity contribution in [3.8, 4) is 0 Å². The van der Waals surface area contributed by atoms with Crippen LogP contribution in [0.4, 0.5) is 0 Å². The molecule has 1 saturated carbocycles. The highest BCUT2D eigenvalue weighted by Crippen LogP contribution is 2.25. The first-order valence-electron chi connectivity index (χ1n) is 8.26. The molecule has 0 bridgehead atoms. The second kappa shape index (κ2) is 8.18. The van der Waals surface area contributed by atoms with Gasteiger partial charge in [0.05, 0.1) is 6.04 Å². The molecule has 2 atom stereocenters. The van der Waals surface area contributed by atoms with Gasteiger partial charge in [-0.2, -0.15) is 0 Å². The predicted molar refractivity (Wildman–Crippen MR) is 86.9 cm³/mol. The maximum absolute atomic E-state index is 12.3. The Labute approximate surface area is 128 Å². The Morgan fingerprint density at radius 3 is 2.43 bits per heavy atom. The normalized spacial score (nSPS) is 19.5. The molecular weight excluding hydrogens is 260 g/mol. The summed E-state index contributed by atoms with van der Waals surface area (Å²) >= 11 is 0. The van der Waals surface area contributed by atoms with E-state index in [2.05, 4.69) is 12.2 Å². The zero-order valence-corrected chi connectivity index (χ0v) is 13.1. The van der Waals surface area contributed by atoms with E-state index >= 15 is 0 Å². The lowest BCUT2D eigenvalue weighted by Crippen LogP contribution is -2.47. The summed E-state index contributed by atoms with van der Waals surface area (Å²) in [6, 6.07) is 9.74. The SMILES string of the molecule is C[C@H](NC(=O)[C@H](N)Cc1ccccc1)C1CCCCCC1. The molecule has 0 aliphatic heterocycles. The third-order valence-corrected chi connectivity index (χ3v) is 4.61. The second-order valence-electron chi connectivity index (χ2n) is 6.35. The van der Waals surface area contributed by atoms with Crippen molar-refractivity contribution in [3.05, 3.63) is 35.9 Å². The Hall–Kier alpha value is -1.35. The summed E-state index contributed by atoms with van der Waals surface area (Å²) in [4.78, 5) is 12.3. The van der Waals surface area contributed by atoms with Crippen LogP contribution in [0.2, 0.25) is 0 Å². The minimum Gasteiger partial charge on any atom is -0.352 e. The van der Waals surface area contributed by atoms with E-state index in [1.807, 2.05) is 30.3 Å². The predicted octanol–water partition coefficient (Wildman–Crippen LogP) is 3.03. The number of hydrogen-bond acceptors (Lipinski definition) is 2. The molecule has 2 rings (SSSR count). The lowest BCUT2D eigenvalue weighted by atomic mass is 9.92. The summed E-state index contributed by atoms with van der Waals surface area (Å²) in [6.45, 7) is 2.13. The lowest BCUT2D eigenvalue weighted by molar-refractivity contribution is -0.123. The third kappa shape index (κ3) is 5.16. The summed E-state index contributed by atoms with van der Waals surface area (Å²) in [7, 11) is 0. The monoisotopic (exact) mass is 288 g/mol. The highest BCUT2D eigenvalue weighted by atomic mass is 16.2. The second-order valence-corrected chi connectivity index (χ2v) is 6.35. The molecule has 0 unspecified atom stereocenters. The van der Waals surface area contributed by atoms with Crippen LogP contribution in [0.15, 0.2) is 30.3 Å². The van der Waals surface area contributed by atoms with Gasteiger partial charge in [-0.15, -0.1) is 0 Å². The summed E-state index contributed by atoms with van der Waals surface area (Å²) in [5.41, 5.74) is 7.16. The molecule has 0 aromatic heterocycles. The van der Waals surface area contributed by atoms with Gasteiger partial charge < -0.3 is 11.1 Å². The van der Waals surface area contributed by atoms with Crippen LogP contribution >= 0.6 is 0 Å². The molecule has 21 heavy (non-hydrogen) atoms. The number of benzene rings is 1. The van der Waals surface area contributed by atoms with Gasteiger partial charge in [-0.25, -0.2) is 0 Å². The van der Waals surface area contributed by atoms with Crippen molar-refractivity contribution in [3.63, 3.8) is 0 Å². The van der Waals surface area contributed by atoms with Crippen molar-refractivity contribution in [1.29, 1.82) is 0 Å². The van der Waals surface area contributed by atoms with Gasteiger partial charge in [0.1, 0.15) is 0 Å². The van der Waals surface area contributed by atoms with Crippen molar-refractivity contribution < 1.29 is 4.79 Å². The van der Waals surface area contributed by atoms with Gasteiger partial charge in [-0.3, -0.25) is 4.79 Å². The van der Waals surface area contributed by atoms with Crippen LogP contribution < -0.4 is 11.1 Å². The average Bonchev–Trinajstić information content (AvgIpc) is 2.77. The minimum atomic E-state index is -0.458. The number of nitrogens with one attached hydrogen (secondary N) is 1. The van der Waals surface area contributed by atoms with Gasteiger partial charge in [0, 0.05) is 6.04 Å². The number of nitrogens with two attached hydrogens (primary N) is 1. The molecule has 3 N–H and O–H groups in total. The maximum atomic E-state index is 12.3. The Balaban J connectivity index is 1.82. The lowest BCUT2D eigenvalue weighted by Gasteiger charge is -2.25. The Morgan fingerprint density at radius 1 is 1.19 bits per heavy atom. The molecule has 0 spiro atoms. The van der Waals surface area contributed by atoms with Crippen LogP contribution in [0.3, 0.4) is 0 Å². The summed E-state index contributed by atoms with van der Waals surface area (Å²) in [5.74, 6) is 0.593. The van der Waals surface area contributed by atoms with Gasteiger partial charge in [0.25, 0.3) is 0 Å². The largest absolute Gasteiger partial charge is 0.352 e. The molecule has 1 fully saturated rings. The smallest absolute Gasteiger partial charge is 0.237 e. The van der Waals surface area contributed by atoms with Crippen LogP contribution in [0.1, 0.15) is 51.0 Å². The summed E-state index contributed by atoms with van der Waals surface area (Å²) in [5, 5.41) is 3.13. The number of amides is 1. The van der Waals surface area contributed by atoms with Crippen molar-refractivity contribution in [1.82, 2.24) is 5.32 Å². The van der Waals surface area contributed by atoms with Crippen molar-refractivity contribution >= 4 is 5.91 Å². The van der Waals surface area contributed by atoms with E-state index in [0.29, 0.717) is 12.3 Å². The highest BCUT2D eigenvalue weighted by molar-refractivity contribution is 5.82. The Morgan fingerprint density at radius 2 is 1.81 bits per heavy atom. The average molecular weight is 288 g/mol. The van der Waals surface area contributed by atoms with Gasteiger partial charge in [0.2, 0.25) is 5.91 Å². The number of carbonyl (C=O) groups is 1. The summed E-state index contributed by atoms with van der Waals surface area (Å²) in [6.07, 6.45) is 8.33. The van der Waals surface area contributed by atoms with E-state index in [1.54, 1.807) is 0 Å². The fourth-order valence-corrected chi connectivity index (χ4v) is 3.22. The third-order valence-electron chi connectivity index (χ3n) is 4.61. The highest BCUT2D eigenvalue weighted by Gasteiger charge is 2.22. The standard InChI is InChI=1S/C18H28N2O/c1-14(16-11-7-2-3-8-12-16)20-18(21)17(19)13-15-9-5-4-6-10-15/h4-6,9-10,14,16-17H,2-3,7-8,11-13,19H2,1H3,(H,20,21)/t14-,17+/m0/s1. The quantitative estimate of drug-likeness (QED) is 0.818. The first kappa shape index (κ1) is 16.0. The van der Waals surface area contributed by atoms with Crippen LogP contribution in [0.25, 0.3) is 0 Å². The maximum Gasteiger partial charge on any atom is 0.237 e. The van der Waals surface area contributed by atoms with E-state index in [-0.39, 0.29) is 11.9 Å². The van der Waals surface area contributed by atoms with Crippen molar-refractivity contribution in [2.75, 3.05) is 0 Å². The zero-order chi connectivity index (χ0) is 15.1. The number of hydrogen-bond donors (Lipinski definition) is 2. The molecule has 0 radical (unpaired) electrons. The van der Waals surface area contributed by atoms with E-state index in [9.17, 15) is 4.79 Å². The molecule has 116 valence electrons. The van der Waals surface area contributed by atoms with Crippen LogP contribution in [-0.4, -0.2) is 18.0 Å². The fraction of sp³-hybridized carbons (Fsp3) is 0.611. The molecule has 1 aromatic rings. The van der Waals surface area contributed by atoms with Gasteiger partial charge in [0.15, 0.2) is 0 Å². The number of carbonyl (C=O) groups excluding carboxylic acids is 1. The van der Waals surface area contributed by atoms with Gasteiger partial charge in [-0.05, 0) is 37.7 Å². The first-order chi connectivity index (χ1) is 10.2. The Bertz CT molecular complexity index is 424. The van der Waals surface area contributed by atoms with Crippen LogP contribution in [-0.2, 0) is 11.2 Å². The van der Waals surface area contributed by atoms with E-state index < -0.39 is 6.04 Å². The molecule has 0 heterocycles. The van der Waals surface area contributed by atoms with E-state index in [4.69, 9.17) is 5.73 Å². The molecule has 1 aromatic carbocycles. The topological polar surface area (TPSA) is 55.1 Å². The van der Waals surface area contributed by atoms with Gasteiger partial charge in [-0.1, -0.05) is 56.0 Å².